The summed E-state index contributed by atoms with van der Waals surface area (Å²) in [7, 11) is 0. The van der Waals surface area contributed by atoms with Crippen LogP contribution in [-0.2, 0) is 0 Å². The van der Waals surface area contributed by atoms with Crippen LogP contribution in [0.15, 0.2) is 22.8 Å². The van der Waals surface area contributed by atoms with Crippen molar-refractivity contribution in [2.75, 3.05) is 0 Å². The van der Waals surface area contributed by atoms with Crippen LogP contribution in [0.3, 0.4) is 0 Å². The molecule has 0 aromatic rings. The summed E-state index contributed by atoms with van der Waals surface area (Å²) in [4.78, 5) is 0. The molecule has 3 fully saturated rings. The fourth-order valence-corrected chi connectivity index (χ4v) is 10.5. The van der Waals surface area contributed by atoms with Crippen LogP contribution >= 0.6 is 0 Å². The second kappa shape index (κ2) is 8.28. The van der Waals surface area contributed by atoms with Crippen LogP contribution in [0.4, 0.5) is 0 Å². The Labute approximate surface area is 198 Å². The van der Waals surface area contributed by atoms with E-state index in [1.54, 1.807) is 0 Å². The highest BCUT2D eigenvalue weighted by Crippen LogP contribution is 2.70. The predicted molar refractivity (Wildman–Crippen MR) is 135 cm³/mol. The molecule has 5 aliphatic carbocycles. The summed E-state index contributed by atoms with van der Waals surface area (Å²) in [5, 5.41) is 11.2. The Kier molecular flexibility index (Phi) is 6.00. The molecule has 0 amide bonds. The van der Waals surface area contributed by atoms with E-state index >= 15 is 0 Å². The van der Waals surface area contributed by atoms with Crippen molar-refractivity contribution in [1.29, 1.82) is 0 Å². The van der Waals surface area contributed by atoms with Crippen molar-refractivity contribution in [2.24, 2.45) is 39.9 Å². The first kappa shape index (κ1) is 23.2. The molecule has 5 aliphatic rings. The fraction of sp³-hybridized carbons (Fsp3) is 0.871. The van der Waals surface area contributed by atoms with E-state index < -0.39 is 0 Å². The summed E-state index contributed by atoms with van der Waals surface area (Å²) in [5.74, 6) is 3.35. The Hall–Kier alpha value is -0.560. The van der Waals surface area contributed by atoms with Gasteiger partial charge in [-0.3, -0.25) is 0 Å². The summed E-state index contributed by atoms with van der Waals surface area (Å²) >= 11 is 0. The Balaban J connectivity index is 1.41. The minimum absolute atomic E-state index is 0.0309. The third-order valence-corrected chi connectivity index (χ3v) is 12.0. The third-order valence-electron chi connectivity index (χ3n) is 12.0. The molecule has 0 bridgehead atoms. The molecule has 0 aromatic carbocycles. The number of hydrogen-bond acceptors (Lipinski definition) is 1. The number of fused-ring (bicyclic) bond motifs is 5. The van der Waals surface area contributed by atoms with Gasteiger partial charge in [0.05, 0.1) is 6.10 Å². The lowest BCUT2D eigenvalue weighted by Gasteiger charge is -2.61. The van der Waals surface area contributed by atoms with E-state index in [1.165, 1.54) is 89.0 Å². The van der Waals surface area contributed by atoms with Crippen molar-refractivity contribution in [3.8, 4) is 0 Å². The van der Waals surface area contributed by atoms with E-state index in [2.05, 4.69) is 40.7 Å². The SMILES string of the molecule is CC(C)=CCC[C@@H](C)[C@H]1CC[C@H]2C3=C(CC[C@]12C)[C@@]1(C)CC[C@H](O)C2(CCCC2)C1CC3. The number of hydrogen-bond donors (Lipinski definition) is 1. The normalized spacial score (nSPS) is 43.6. The number of allylic oxidation sites excluding steroid dienone is 4. The van der Waals surface area contributed by atoms with E-state index in [4.69, 9.17) is 0 Å². The standard InChI is InChI=1S/C31H50O/c1-21(2)9-8-10-22(3)24-12-13-25-23-11-14-27-30(5,26(23)15-19-29(24,25)4)20-16-28(32)31(27)17-6-7-18-31/h9,22,24-25,27-28,32H,6-8,10-20H2,1-5H3/t22-,24-,25+,27?,28+,29-,30-/m1/s1. The zero-order chi connectivity index (χ0) is 22.7. The van der Waals surface area contributed by atoms with Crippen molar-refractivity contribution in [3.63, 3.8) is 0 Å². The predicted octanol–water partition coefficient (Wildman–Crippen LogP) is 8.62. The Morgan fingerprint density at radius 1 is 1.00 bits per heavy atom. The molecule has 0 aromatic heterocycles. The van der Waals surface area contributed by atoms with Crippen molar-refractivity contribution in [2.45, 2.75) is 131 Å². The second-order valence-corrected chi connectivity index (χ2v) is 13.6. The van der Waals surface area contributed by atoms with Crippen molar-refractivity contribution >= 4 is 0 Å². The fourth-order valence-electron chi connectivity index (χ4n) is 10.5. The number of aliphatic hydroxyl groups is 1. The summed E-state index contributed by atoms with van der Waals surface area (Å²) in [6.07, 6.45) is 21.0. The molecule has 1 heteroatoms. The van der Waals surface area contributed by atoms with Crippen LogP contribution in [0.5, 0.6) is 0 Å². The molecule has 32 heavy (non-hydrogen) atoms. The van der Waals surface area contributed by atoms with Crippen molar-refractivity contribution in [1.82, 2.24) is 0 Å². The van der Waals surface area contributed by atoms with Gasteiger partial charge in [0.25, 0.3) is 0 Å². The van der Waals surface area contributed by atoms with Gasteiger partial charge in [-0.15, -0.1) is 0 Å². The van der Waals surface area contributed by atoms with Gasteiger partial charge in [-0.1, -0.05) is 56.4 Å². The van der Waals surface area contributed by atoms with Crippen LogP contribution < -0.4 is 0 Å². The first-order valence-corrected chi connectivity index (χ1v) is 14.3. The van der Waals surface area contributed by atoms with Crippen molar-refractivity contribution in [3.05, 3.63) is 22.8 Å². The monoisotopic (exact) mass is 438 g/mol. The van der Waals surface area contributed by atoms with Crippen LogP contribution in [0, 0.1) is 39.9 Å². The smallest absolute Gasteiger partial charge is 0.0599 e. The second-order valence-electron chi connectivity index (χ2n) is 13.6. The topological polar surface area (TPSA) is 20.2 Å². The first-order chi connectivity index (χ1) is 15.2. The summed E-state index contributed by atoms with van der Waals surface area (Å²) < 4.78 is 0. The molecule has 0 saturated heterocycles. The lowest BCUT2D eigenvalue weighted by atomic mass is 9.44. The lowest BCUT2D eigenvalue weighted by Crippen LogP contribution is -2.55. The van der Waals surface area contributed by atoms with Crippen molar-refractivity contribution < 1.29 is 5.11 Å². The first-order valence-electron chi connectivity index (χ1n) is 14.3. The zero-order valence-electron chi connectivity index (χ0n) is 21.8. The molecular formula is C31H50O. The minimum Gasteiger partial charge on any atom is -0.393 e. The summed E-state index contributed by atoms with van der Waals surface area (Å²) in [6.45, 7) is 12.4. The van der Waals surface area contributed by atoms with E-state index in [9.17, 15) is 5.11 Å². The van der Waals surface area contributed by atoms with Gasteiger partial charge < -0.3 is 5.11 Å². The van der Waals surface area contributed by atoms with Gasteiger partial charge in [-0.05, 0) is 131 Å². The molecular weight excluding hydrogens is 388 g/mol. The molecule has 1 spiro atoms. The number of rotatable bonds is 4. The van der Waals surface area contributed by atoms with Gasteiger partial charge in [0.15, 0.2) is 0 Å². The third kappa shape index (κ3) is 3.34. The highest BCUT2D eigenvalue weighted by molar-refractivity contribution is 5.35. The zero-order valence-corrected chi connectivity index (χ0v) is 21.8. The van der Waals surface area contributed by atoms with Crippen LogP contribution in [0.2, 0.25) is 0 Å². The average Bonchev–Trinajstić information content (AvgIpc) is 3.36. The Bertz CT molecular complexity index is 778. The van der Waals surface area contributed by atoms with E-state index in [0.717, 1.165) is 30.1 Å². The molecule has 3 saturated carbocycles. The lowest BCUT2D eigenvalue weighted by molar-refractivity contribution is -0.110. The maximum absolute atomic E-state index is 11.2. The molecule has 0 heterocycles. The summed E-state index contributed by atoms with van der Waals surface area (Å²) in [6, 6.07) is 0. The van der Waals surface area contributed by atoms with Crippen LogP contribution in [0.1, 0.15) is 125 Å². The quantitative estimate of drug-likeness (QED) is 0.435. The average molecular weight is 439 g/mol. The molecule has 1 nitrogen and oxygen atoms in total. The van der Waals surface area contributed by atoms with E-state index in [1.807, 2.05) is 11.1 Å². The Morgan fingerprint density at radius 3 is 2.47 bits per heavy atom. The summed E-state index contributed by atoms with van der Waals surface area (Å²) in [5.41, 5.74) is 6.48. The molecule has 1 unspecified atom stereocenters. The molecule has 0 aliphatic heterocycles. The van der Waals surface area contributed by atoms with Gasteiger partial charge in [0.1, 0.15) is 0 Å². The number of aliphatic hydroxyl groups excluding tert-OH is 1. The highest BCUT2D eigenvalue weighted by atomic mass is 16.3. The molecule has 7 atom stereocenters. The molecule has 1 N–H and O–H groups in total. The maximum Gasteiger partial charge on any atom is 0.0599 e. The van der Waals surface area contributed by atoms with Crippen LogP contribution in [0.25, 0.3) is 0 Å². The molecule has 5 rings (SSSR count). The van der Waals surface area contributed by atoms with Gasteiger partial charge in [0.2, 0.25) is 0 Å². The maximum atomic E-state index is 11.2. The molecule has 180 valence electrons. The van der Waals surface area contributed by atoms with Gasteiger partial charge in [-0.2, -0.15) is 0 Å². The molecule has 0 radical (unpaired) electrons. The largest absolute Gasteiger partial charge is 0.393 e. The van der Waals surface area contributed by atoms with Gasteiger partial charge in [0, 0.05) is 0 Å². The van der Waals surface area contributed by atoms with E-state index in [0.29, 0.717) is 10.8 Å². The highest BCUT2D eigenvalue weighted by Gasteiger charge is 2.61. The van der Waals surface area contributed by atoms with E-state index in [-0.39, 0.29) is 11.5 Å². The minimum atomic E-state index is -0.0309. The Morgan fingerprint density at radius 2 is 1.75 bits per heavy atom. The van der Waals surface area contributed by atoms with Gasteiger partial charge >= 0.3 is 0 Å². The van der Waals surface area contributed by atoms with Gasteiger partial charge in [-0.25, -0.2) is 0 Å². The van der Waals surface area contributed by atoms with Crippen LogP contribution in [-0.4, -0.2) is 11.2 Å².